The first-order chi connectivity index (χ1) is 8.99. The molecule has 1 heterocycles. The summed E-state index contributed by atoms with van der Waals surface area (Å²) in [7, 11) is 0. The molecule has 1 aromatic heterocycles. The van der Waals surface area contributed by atoms with Crippen molar-refractivity contribution in [1.29, 1.82) is 0 Å². The van der Waals surface area contributed by atoms with Crippen molar-refractivity contribution < 1.29 is 4.39 Å². The highest BCUT2D eigenvalue weighted by atomic mass is 19.1. The van der Waals surface area contributed by atoms with Crippen LogP contribution in [0.3, 0.4) is 0 Å². The Hall–Kier alpha value is -1.68. The van der Waals surface area contributed by atoms with Gasteiger partial charge in [-0.05, 0) is 37.6 Å². The Bertz CT molecular complexity index is 573. The molecule has 0 aliphatic heterocycles. The molecule has 19 heavy (non-hydrogen) atoms. The van der Waals surface area contributed by atoms with Crippen molar-refractivity contribution in [3.8, 4) is 5.69 Å². The molecule has 0 unspecified atom stereocenters. The van der Waals surface area contributed by atoms with Crippen LogP contribution in [-0.4, -0.2) is 15.6 Å². The zero-order chi connectivity index (χ0) is 14.0. The fourth-order valence-electron chi connectivity index (χ4n) is 1.99. The van der Waals surface area contributed by atoms with Gasteiger partial charge in [0.15, 0.2) is 0 Å². The molecule has 2 rings (SSSR count). The SMILES string of the molecule is Cc1ncn(-c2ccc(F)cc2CNC(C)C)c1C. The number of nitrogens with one attached hydrogen (secondary N) is 1. The molecule has 0 saturated heterocycles. The minimum atomic E-state index is -0.209. The molecule has 0 atom stereocenters. The summed E-state index contributed by atoms with van der Waals surface area (Å²) in [4.78, 5) is 4.30. The van der Waals surface area contributed by atoms with E-state index in [1.165, 1.54) is 6.07 Å². The van der Waals surface area contributed by atoms with Gasteiger partial charge < -0.3 is 9.88 Å². The van der Waals surface area contributed by atoms with Crippen LogP contribution in [0.1, 0.15) is 30.8 Å². The number of hydrogen-bond donors (Lipinski definition) is 1. The normalized spacial score (nSPS) is 11.3. The third-order valence-corrected chi connectivity index (χ3v) is 3.25. The zero-order valence-corrected chi connectivity index (χ0v) is 11.9. The lowest BCUT2D eigenvalue weighted by Gasteiger charge is -2.14. The number of hydrogen-bond acceptors (Lipinski definition) is 2. The molecule has 4 heteroatoms. The molecule has 0 spiro atoms. The second-order valence-corrected chi connectivity index (χ2v) is 5.09. The van der Waals surface area contributed by atoms with Crippen LogP contribution in [0, 0.1) is 19.7 Å². The number of benzene rings is 1. The molecule has 0 saturated carbocycles. The molecule has 0 aliphatic carbocycles. The first-order valence-corrected chi connectivity index (χ1v) is 6.51. The van der Waals surface area contributed by atoms with Gasteiger partial charge in [-0.1, -0.05) is 13.8 Å². The Labute approximate surface area is 113 Å². The molecule has 0 fully saturated rings. The van der Waals surface area contributed by atoms with E-state index in [1.54, 1.807) is 18.5 Å². The number of halogens is 1. The van der Waals surface area contributed by atoms with Gasteiger partial charge in [-0.3, -0.25) is 0 Å². The van der Waals surface area contributed by atoms with Gasteiger partial charge in [0.1, 0.15) is 5.82 Å². The largest absolute Gasteiger partial charge is 0.310 e. The maximum atomic E-state index is 13.4. The summed E-state index contributed by atoms with van der Waals surface area (Å²) < 4.78 is 15.4. The smallest absolute Gasteiger partial charge is 0.123 e. The molecule has 0 bridgehead atoms. The Kier molecular flexibility index (Phi) is 4.00. The van der Waals surface area contributed by atoms with Gasteiger partial charge in [0, 0.05) is 18.3 Å². The van der Waals surface area contributed by atoms with E-state index in [9.17, 15) is 4.39 Å². The summed E-state index contributed by atoms with van der Waals surface area (Å²) in [6, 6.07) is 5.24. The average Bonchev–Trinajstić information content (AvgIpc) is 2.68. The predicted molar refractivity (Wildman–Crippen MR) is 75.0 cm³/mol. The zero-order valence-electron chi connectivity index (χ0n) is 11.9. The van der Waals surface area contributed by atoms with E-state index in [4.69, 9.17) is 0 Å². The minimum absolute atomic E-state index is 0.209. The molecule has 102 valence electrons. The minimum Gasteiger partial charge on any atom is -0.310 e. The van der Waals surface area contributed by atoms with Crippen LogP contribution in [0.2, 0.25) is 0 Å². The highest BCUT2D eigenvalue weighted by molar-refractivity contribution is 5.43. The van der Waals surface area contributed by atoms with Crippen molar-refractivity contribution in [2.75, 3.05) is 0 Å². The summed E-state index contributed by atoms with van der Waals surface area (Å²) >= 11 is 0. The molecular formula is C15H20FN3. The van der Waals surface area contributed by atoms with E-state index in [0.717, 1.165) is 22.6 Å². The van der Waals surface area contributed by atoms with Crippen molar-refractivity contribution in [3.63, 3.8) is 0 Å². The molecule has 2 aromatic rings. The predicted octanol–water partition coefficient (Wildman–Crippen LogP) is 3.13. The Morgan fingerprint density at radius 2 is 2.05 bits per heavy atom. The molecule has 0 amide bonds. The molecular weight excluding hydrogens is 241 g/mol. The number of imidazole rings is 1. The van der Waals surface area contributed by atoms with Crippen molar-refractivity contribution in [2.24, 2.45) is 0 Å². The molecule has 0 aliphatic rings. The highest BCUT2D eigenvalue weighted by Crippen LogP contribution is 2.19. The van der Waals surface area contributed by atoms with Gasteiger partial charge in [0.05, 0.1) is 17.7 Å². The van der Waals surface area contributed by atoms with Crippen LogP contribution < -0.4 is 5.32 Å². The number of nitrogens with zero attached hydrogens (tertiary/aromatic N) is 2. The highest BCUT2D eigenvalue weighted by Gasteiger charge is 2.10. The van der Waals surface area contributed by atoms with Crippen LogP contribution in [0.5, 0.6) is 0 Å². The summed E-state index contributed by atoms with van der Waals surface area (Å²) in [5.41, 5.74) is 3.99. The van der Waals surface area contributed by atoms with Crippen LogP contribution >= 0.6 is 0 Å². The topological polar surface area (TPSA) is 29.9 Å². The first-order valence-electron chi connectivity index (χ1n) is 6.51. The lowest BCUT2D eigenvalue weighted by atomic mass is 10.1. The Balaban J connectivity index is 2.42. The molecule has 0 radical (unpaired) electrons. The monoisotopic (exact) mass is 261 g/mol. The summed E-state index contributed by atoms with van der Waals surface area (Å²) in [5, 5.41) is 3.33. The van der Waals surface area contributed by atoms with E-state index < -0.39 is 0 Å². The molecule has 1 aromatic carbocycles. The quantitative estimate of drug-likeness (QED) is 0.916. The van der Waals surface area contributed by atoms with Gasteiger partial charge in [-0.25, -0.2) is 9.37 Å². The fourth-order valence-corrected chi connectivity index (χ4v) is 1.99. The van der Waals surface area contributed by atoms with Crippen molar-refractivity contribution in [3.05, 3.63) is 47.3 Å². The average molecular weight is 261 g/mol. The summed E-state index contributed by atoms with van der Waals surface area (Å²) in [5.74, 6) is -0.209. The van der Waals surface area contributed by atoms with Crippen molar-refractivity contribution >= 4 is 0 Å². The number of aromatic nitrogens is 2. The van der Waals surface area contributed by atoms with E-state index in [0.29, 0.717) is 12.6 Å². The van der Waals surface area contributed by atoms with Gasteiger partial charge in [0.2, 0.25) is 0 Å². The van der Waals surface area contributed by atoms with E-state index in [-0.39, 0.29) is 5.82 Å². The lowest BCUT2D eigenvalue weighted by Crippen LogP contribution is -2.22. The van der Waals surface area contributed by atoms with Gasteiger partial charge in [-0.15, -0.1) is 0 Å². The second kappa shape index (κ2) is 5.53. The number of rotatable bonds is 4. The van der Waals surface area contributed by atoms with Crippen LogP contribution in [0.25, 0.3) is 5.69 Å². The molecule has 1 N–H and O–H groups in total. The molecule has 3 nitrogen and oxygen atoms in total. The van der Waals surface area contributed by atoms with Gasteiger partial charge >= 0.3 is 0 Å². The van der Waals surface area contributed by atoms with Crippen molar-refractivity contribution in [2.45, 2.75) is 40.3 Å². The number of aryl methyl sites for hydroxylation is 1. The van der Waals surface area contributed by atoms with E-state index in [2.05, 4.69) is 24.1 Å². The summed E-state index contributed by atoms with van der Waals surface area (Å²) in [6.45, 7) is 8.78. The van der Waals surface area contributed by atoms with E-state index >= 15 is 0 Å². The third-order valence-electron chi connectivity index (χ3n) is 3.25. The maximum Gasteiger partial charge on any atom is 0.123 e. The lowest BCUT2D eigenvalue weighted by molar-refractivity contribution is 0.579. The van der Waals surface area contributed by atoms with Crippen molar-refractivity contribution in [1.82, 2.24) is 14.9 Å². The second-order valence-electron chi connectivity index (χ2n) is 5.09. The van der Waals surface area contributed by atoms with Crippen LogP contribution in [0.15, 0.2) is 24.5 Å². The maximum absolute atomic E-state index is 13.4. The Morgan fingerprint density at radius 3 is 2.63 bits per heavy atom. The summed E-state index contributed by atoms with van der Waals surface area (Å²) in [6.07, 6.45) is 1.79. The first kappa shape index (κ1) is 13.7. The van der Waals surface area contributed by atoms with E-state index in [1.807, 2.05) is 18.4 Å². The van der Waals surface area contributed by atoms with Gasteiger partial charge in [0.25, 0.3) is 0 Å². The Morgan fingerprint density at radius 1 is 1.32 bits per heavy atom. The van der Waals surface area contributed by atoms with Gasteiger partial charge in [-0.2, -0.15) is 0 Å². The fraction of sp³-hybridized carbons (Fsp3) is 0.400. The van der Waals surface area contributed by atoms with Crippen LogP contribution in [0.4, 0.5) is 4.39 Å². The van der Waals surface area contributed by atoms with Crippen LogP contribution in [-0.2, 0) is 6.54 Å². The third kappa shape index (κ3) is 3.01. The standard InChI is InChI=1S/C15H20FN3/c1-10(2)17-8-13-7-14(16)5-6-15(13)19-9-18-11(3)12(19)4/h5-7,9-10,17H,8H2,1-4H3.